The summed E-state index contributed by atoms with van der Waals surface area (Å²) >= 11 is 0. The molecule has 0 aromatic heterocycles. The zero-order chi connectivity index (χ0) is 36.8. The Bertz CT molecular complexity index is 1640. The highest BCUT2D eigenvalue weighted by Gasteiger charge is 2.70. The Morgan fingerprint density at radius 2 is 1.60 bits per heavy atom. The molecular formula is C43H61NO6. The topological polar surface area (TPSA) is 110 Å². The van der Waals surface area contributed by atoms with E-state index in [2.05, 4.69) is 53.8 Å². The van der Waals surface area contributed by atoms with Crippen molar-refractivity contribution in [2.45, 2.75) is 145 Å². The van der Waals surface area contributed by atoms with E-state index in [-0.39, 0.29) is 57.7 Å². The highest BCUT2D eigenvalue weighted by molar-refractivity contribution is 6.04. The molecule has 1 unspecified atom stereocenters. The van der Waals surface area contributed by atoms with Gasteiger partial charge in [0.25, 0.3) is 5.91 Å². The number of aliphatic carboxylic acids is 1. The van der Waals surface area contributed by atoms with Crippen molar-refractivity contribution in [3.63, 3.8) is 0 Å². The molecule has 7 nitrogen and oxygen atoms in total. The number of carboxylic acids is 1. The lowest BCUT2D eigenvalue weighted by Crippen LogP contribution is -2.67. The number of benzene rings is 1. The molecule has 1 amide bonds. The lowest BCUT2D eigenvalue weighted by molar-refractivity contribution is -0.232. The smallest absolute Gasteiger partial charge is 0.309 e. The molecule has 0 spiro atoms. The number of carbonyl (C=O) groups excluding carboxylic acids is 3. The fourth-order valence-electron chi connectivity index (χ4n) is 12.7. The highest BCUT2D eigenvalue weighted by Crippen LogP contribution is 2.76. The normalized spacial score (nSPS) is 37.7. The number of allylic oxidation sites excluding steroid dienone is 1. The number of Topliss-reactive ketones (excluding diaryl/α,β-unsaturated/α-hetero) is 1. The summed E-state index contributed by atoms with van der Waals surface area (Å²) in [6, 6.07) is 7.72. The summed E-state index contributed by atoms with van der Waals surface area (Å²) in [7, 11) is 0. The van der Waals surface area contributed by atoms with Crippen LogP contribution in [-0.2, 0) is 19.1 Å². The number of amides is 1. The molecule has 0 radical (unpaired) electrons. The number of hydrogen-bond acceptors (Lipinski definition) is 5. The molecule has 8 atom stereocenters. The lowest BCUT2D eigenvalue weighted by Gasteiger charge is -2.72. The summed E-state index contributed by atoms with van der Waals surface area (Å²) in [6.45, 7) is 21.5. The number of nitrogens with one attached hydrogen (secondary N) is 1. The van der Waals surface area contributed by atoms with Crippen molar-refractivity contribution in [1.29, 1.82) is 0 Å². The number of rotatable bonds is 7. The first kappa shape index (κ1) is 36.8. The quantitative estimate of drug-likeness (QED) is 0.277. The number of ether oxygens (including phenoxy) is 1. The van der Waals surface area contributed by atoms with E-state index in [4.69, 9.17) is 4.74 Å². The monoisotopic (exact) mass is 687 g/mol. The Hall–Kier alpha value is -2.96. The van der Waals surface area contributed by atoms with Gasteiger partial charge in [0.15, 0.2) is 5.78 Å². The Labute approximate surface area is 299 Å². The molecule has 7 heteroatoms. The predicted molar refractivity (Wildman–Crippen MR) is 194 cm³/mol. The maximum Gasteiger partial charge on any atom is 0.309 e. The third-order valence-electron chi connectivity index (χ3n) is 15.6. The SMILES string of the molecule is Cc1ccccc1C(=O)N[C@@]12CC[C@]3(C)C(CC[C@@H]4[C@@]5(C)CC[C@H](OC(=O)CC(C)(C)C(=O)O)C(C)(C)[C@@H]5CC[C@]43C)C1=C(C(C)C)C(=O)C2. The van der Waals surface area contributed by atoms with Gasteiger partial charge in [0.05, 0.1) is 17.4 Å². The third-order valence-corrected chi connectivity index (χ3v) is 15.6. The van der Waals surface area contributed by atoms with Crippen LogP contribution in [-0.4, -0.2) is 40.4 Å². The molecule has 4 saturated carbocycles. The van der Waals surface area contributed by atoms with Crippen LogP contribution in [0.4, 0.5) is 0 Å². The van der Waals surface area contributed by atoms with Gasteiger partial charge in [0, 0.05) is 17.4 Å². The second-order valence-electron chi connectivity index (χ2n) is 19.3. The van der Waals surface area contributed by atoms with Gasteiger partial charge in [0.1, 0.15) is 6.10 Å². The van der Waals surface area contributed by atoms with Crippen LogP contribution < -0.4 is 5.32 Å². The van der Waals surface area contributed by atoms with Gasteiger partial charge in [-0.25, -0.2) is 0 Å². The van der Waals surface area contributed by atoms with Gasteiger partial charge in [-0.1, -0.05) is 66.7 Å². The Morgan fingerprint density at radius 3 is 2.24 bits per heavy atom. The van der Waals surface area contributed by atoms with Crippen molar-refractivity contribution in [1.82, 2.24) is 5.32 Å². The van der Waals surface area contributed by atoms with E-state index in [9.17, 15) is 24.3 Å². The maximum atomic E-state index is 14.0. The summed E-state index contributed by atoms with van der Waals surface area (Å²) in [6.07, 6.45) is 7.64. The average molecular weight is 688 g/mol. The molecular weight excluding hydrogens is 626 g/mol. The van der Waals surface area contributed by atoms with E-state index in [0.717, 1.165) is 62.5 Å². The number of hydrogen-bond donors (Lipinski definition) is 2. The van der Waals surface area contributed by atoms with Crippen LogP contribution in [0, 0.1) is 57.7 Å². The van der Waals surface area contributed by atoms with Crippen LogP contribution in [0.1, 0.15) is 142 Å². The molecule has 0 aliphatic heterocycles. The van der Waals surface area contributed by atoms with E-state index < -0.39 is 22.9 Å². The zero-order valence-corrected chi connectivity index (χ0v) is 32.3. The molecule has 5 aliphatic carbocycles. The van der Waals surface area contributed by atoms with Gasteiger partial charge in [0.2, 0.25) is 0 Å². The van der Waals surface area contributed by atoms with E-state index in [1.165, 1.54) is 5.57 Å². The molecule has 1 aromatic rings. The van der Waals surface area contributed by atoms with Gasteiger partial charge in [-0.15, -0.1) is 0 Å². The highest BCUT2D eigenvalue weighted by atomic mass is 16.5. The number of ketones is 1. The minimum Gasteiger partial charge on any atom is -0.481 e. The van der Waals surface area contributed by atoms with Crippen molar-refractivity contribution in [3.8, 4) is 0 Å². The van der Waals surface area contributed by atoms with Crippen LogP contribution in [0.25, 0.3) is 0 Å². The van der Waals surface area contributed by atoms with Crippen molar-refractivity contribution < 1.29 is 29.0 Å². The Kier molecular flexibility index (Phi) is 8.87. The first-order valence-electron chi connectivity index (χ1n) is 19.2. The Balaban J connectivity index is 1.31. The summed E-state index contributed by atoms with van der Waals surface area (Å²) in [5, 5.41) is 13.1. The van der Waals surface area contributed by atoms with Gasteiger partial charge in [-0.2, -0.15) is 0 Å². The lowest BCUT2D eigenvalue weighted by atomic mass is 9.33. The molecule has 4 fully saturated rings. The molecule has 0 bridgehead atoms. The van der Waals surface area contributed by atoms with Crippen LogP contribution in [0.5, 0.6) is 0 Å². The minimum atomic E-state index is -1.17. The number of fused-ring (bicyclic) bond motifs is 7. The standard InChI is InChI=1S/C43H61NO6/c1-25(2)34-29(45)23-43(44-36(47)27-14-12-11-13-26(27)3)22-21-41(9)28(35(34)43)15-16-31-40(8)19-18-32(50-33(46)24-38(4,5)37(48)49)39(6,7)30(40)17-20-42(31,41)10/h11-14,25,28,30-32H,15-24H2,1-10H3,(H,44,47)(H,48,49)/t28?,30-,31+,32-,40-,41+,42+,43+/m0/s1. The van der Waals surface area contributed by atoms with Crippen LogP contribution >= 0.6 is 0 Å². The van der Waals surface area contributed by atoms with E-state index >= 15 is 0 Å². The fraction of sp³-hybridized carbons (Fsp3) is 0.721. The number of carboxylic acid groups (broad SMARTS) is 1. The molecule has 50 heavy (non-hydrogen) atoms. The Morgan fingerprint density at radius 1 is 0.920 bits per heavy atom. The van der Waals surface area contributed by atoms with Gasteiger partial charge >= 0.3 is 11.9 Å². The van der Waals surface area contributed by atoms with E-state index in [0.29, 0.717) is 23.8 Å². The molecule has 5 aliphatic rings. The second kappa shape index (κ2) is 12.0. The van der Waals surface area contributed by atoms with Gasteiger partial charge in [-0.3, -0.25) is 19.2 Å². The van der Waals surface area contributed by atoms with Crippen molar-refractivity contribution in [3.05, 3.63) is 46.5 Å². The summed E-state index contributed by atoms with van der Waals surface area (Å²) in [5.41, 5.74) is 1.83. The molecule has 274 valence electrons. The average Bonchev–Trinajstić information content (AvgIpc) is 3.30. The fourth-order valence-corrected chi connectivity index (χ4v) is 12.7. The van der Waals surface area contributed by atoms with E-state index in [1.807, 2.05) is 31.2 Å². The predicted octanol–water partition coefficient (Wildman–Crippen LogP) is 8.87. The molecule has 2 N–H and O–H groups in total. The third kappa shape index (κ3) is 5.33. The number of carbonyl (C=O) groups is 4. The van der Waals surface area contributed by atoms with Gasteiger partial charge in [-0.05, 0) is 135 Å². The zero-order valence-electron chi connectivity index (χ0n) is 32.3. The van der Waals surface area contributed by atoms with Gasteiger partial charge < -0.3 is 15.2 Å². The van der Waals surface area contributed by atoms with Crippen molar-refractivity contribution in [2.24, 2.45) is 50.7 Å². The second-order valence-corrected chi connectivity index (χ2v) is 19.3. The van der Waals surface area contributed by atoms with Crippen LogP contribution in [0.3, 0.4) is 0 Å². The number of aryl methyl sites for hydroxylation is 1. The van der Waals surface area contributed by atoms with Crippen LogP contribution in [0.15, 0.2) is 35.4 Å². The van der Waals surface area contributed by atoms with Crippen LogP contribution in [0.2, 0.25) is 0 Å². The molecule has 6 rings (SSSR count). The first-order chi connectivity index (χ1) is 23.1. The molecule has 1 aromatic carbocycles. The molecule has 0 heterocycles. The summed E-state index contributed by atoms with van der Waals surface area (Å²) in [4.78, 5) is 52.7. The van der Waals surface area contributed by atoms with Crippen molar-refractivity contribution >= 4 is 23.6 Å². The maximum absolute atomic E-state index is 14.0. The molecule has 0 saturated heterocycles. The number of esters is 1. The minimum absolute atomic E-state index is 0.0310. The van der Waals surface area contributed by atoms with Crippen molar-refractivity contribution in [2.75, 3.05) is 0 Å². The van der Waals surface area contributed by atoms with E-state index in [1.54, 1.807) is 13.8 Å². The summed E-state index contributed by atoms with van der Waals surface area (Å²) in [5.74, 6) is -0.138. The first-order valence-corrected chi connectivity index (χ1v) is 19.2. The summed E-state index contributed by atoms with van der Waals surface area (Å²) < 4.78 is 6.15. The largest absolute Gasteiger partial charge is 0.481 e.